The SMILES string of the molecule is CCC(C(=O)[O-])C1CCc2c1[nH]c1c(Br)cc(F)cc21. The summed E-state index contributed by atoms with van der Waals surface area (Å²) in [5, 5.41) is 12.1. The van der Waals surface area contributed by atoms with Crippen molar-refractivity contribution in [1.29, 1.82) is 0 Å². The second-order valence-electron chi connectivity index (χ2n) is 5.31. The van der Waals surface area contributed by atoms with Crippen molar-refractivity contribution in [2.75, 3.05) is 0 Å². The van der Waals surface area contributed by atoms with Gasteiger partial charge < -0.3 is 14.9 Å². The number of carbonyl (C=O) groups excluding carboxylic acids is 1. The van der Waals surface area contributed by atoms with E-state index in [2.05, 4.69) is 20.9 Å². The van der Waals surface area contributed by atoms with Crippen LogP contribution in [0.5, 0.6) is 0 Å². The maximum Gasteiger partial charge on any atom is 0.125 e. The maximum atomic E-state index is 13.5. The number of rotatable bonds is 3. The number of carbonyl (C=O) groups is 1. The van der Waals surface area contributed by atoms with Gasteiger partial charge in [0.25, 0.3) is 0 Å². The first-order chi connectivity index (χ1) is 9.52. The van der Waals surface area contributed by atoms with E-state index in [4.69, 9.17) is 0 Å². The Balaban J connectivity index is 2.15. The summed E-state index contributed by atoms with van der Waals surface area (Å²) in [6, 6.07) is 2.93. The van der Waals surface area contributed by atoms with E-state index < -0.39 is 11.9 Å². The van der Waals surface area contributed by atoms with Gasteiger partial charge in [0.2, 0.25) is 0 Å². The zero-order valence-corrected chi connectivity index (χ0v) is 12.6. The van der Waals surface area contributed by atoms with Gasteiger partial charge in [-0.3, -0.25) is 0 Å². The molecule has 1 aromatic heterocycles. The lowest BCUT2D eigenvalue weighted by molar-refractivity contribution is -0.312. The van der Waals surface area contributed by atoms with Gasteiger partial charge in [-0.2, -0.15) is 0 Å². The van der Waals surface area contributed by atoms with Crippen LogP contribution in [0.2, 0.25) is 0 Å². The predicted octanol–water partition coefficient (Wildman–Crippen LogP) is 2.88. The minimum absolute atomic E-state index is 0.0673. The van der Waals surface area contributed by atoms with E-state index in [0.717, 1.165) is 35.0 Å². The molecular formula is C15H14BrFNO2-. The van der Waals surface area contributed by atoms with Gasteiger partial charge in [-0.15, -0.1) is 0 Å². The lowest BCUT2D eigenvalue weighted by Gasteiger charge is -2.23. The van der Waals surface area contributed by atoms with Crippen molar-refractivity contribution < 1.29 is 14.3 Å². The highest BCUT2D eigenvalue weighted by molar-refractivity contribution is 9.10. The number of hydrogen-bond donors (Lipinski definition) is 1. The van der Waals surface area contributed by atoms with Crippen molar-refractivity contribution in [1.82, 2.24) is 4.98 Å². The first kappa shape index (κ1) is 13.6. The number of hydrogen-bond acceptors (Lipinski definition) is 2. The number of fused-ring (bicyclic) bond motifs is 3. The Morgan fingerprint density at radius 2 is 2.35 bits per heavy atom. The molecule has 2 unspecified atom stereocenters. The summed E-state index contributed by atoms with van der Waals surface area (Å²) < 4.78 is 14.2. The molecule has 0 radical (unpaired) electrons. The summed E-state index contributed by atoms with van der Waals surface area (Å²) in [6.07, 6.45) is 2.09. The predicted molar refractivity (Wildman–Crippen MR) is 75.8 cm³/mol. The number of carboxylic acids is 1. The van der Waals surface area contributed by atoms with Crippen molar-refractivity contribution >= 4 is 32.8 Å². The molecule has 3 nitrogen and oxygen atoms in total. The van der Waals surface area contributed by atoms with Crippen molar-refractivity contribution in [3.63, 3.8) is 0 Å². The number of halogens is 2. The minimum atomic E-state index is -1.01. The fourth-order valence-corrected chi connectivity index (χ4v) is 3.87. The number of carboxylic acid groups (broad SMARTS) is 1. The molecule has 20 heavy (non-hydrogen) atoms. The zero-order valence-electron chi connectivity index (χ0n) is 11.0. The fourth-order valence-electron chi connectivity index (χ4n) is 3.34. The van der Waals surface area contributed by atoms with Gasteiger partial charge in [0.1, 0.15) is 5.82 Å². The van der Waals surface area contributed by atoms with Gasteiger partial charge in [-0.05, 0) is 52.9 Å². The summed E-state index contributed by atoms with van der Waals surface area (Å²) in [6.45, 7) is 1.86. The van der Waals surface area contributed by atoms with Crippen LogP contribution >= 0.6 is 15.9 Å². The molecular weight excluding hydrogens is 325 g/mol. The quantitative estimate of drug-likeness (QED) is 0.935. The van der Waals surface area contributed by atoms with Crippen LogP contribution in [0, 0.1) is 11.7 Å². The molecule has 1 aliphatic rings. The molecule has 0 bridgehead atoms. The van der Waals surface area contributed by atoms with E-state index >= 15 is 0 Å². The Morgan fingerprint density at radius 1 is 1.60 bits per heavy atom. The Morgan fingerprint density at radius 3 is 3.00 bits per heavy atom. The number of aromatic nitrogens is 1. The van der Waals surface area contributed by atoms with E-state index in [1.165, 1.54) is 12.1 Å². The number of H-pyrrole nitrogens is 1. The van der Waals surface area contributed by atoms with Gasteiger partial charge in [-0.25, -0.2) is 4.39 Å². The Bertz CT molecular complexity index is 695. The van der Waals surface area contributed by atoms with Crippen LogP contribution in [0.25, 0.3) is 10.9 Å². The van der Waals surface area contributed by atoms with Crippen LogP contribution in [-0.4, -0.2) is 11.0 Å². The monoisotopic (exact) mass is 338 g/mol. The first-order valence-electron chi connectivity index (χ1n) is 6.73. The molecule has 2 aromatic rings. The normalized spacial score (nSPS) is 19.2. The summed E-state index contributed by atoms with van der Waals surface area (Å²) in [5.74, 6) is -1.86. The third-order valence-corrected chi connectivity index (χ3v) is 4.89. The van der Waals surface area contributed by atoms with Crippen molar-refractivity contribution in [2.45, 2.75) is 32.1 Å². The van der Waals surface area contributed by atoms with Crippen LogP contribution in [0.1, 0.15) is 36.9 Å². The molecule has 5 heteroatoms. The lowest BCUT2D eigenvalue weighted by atomic mass is 9.88. The van der Waals surface area contributed by atoms with E-state index in [-0.39, 0.29) is 11.7 Å². The lowest BCUT2D eigenvalue weighted by Crippen LogP contribution is -2.34. The molecule has 0 fully saturated rings. The highest BCUT2D eigenvalue weighted by atomic mass is 79.9. The number of aromatic amines is 1. The number of aryl methyl sites for hydroxylation is 1. The molecule has 0 amide bonds. The van der Waals surface area contributed by atoms with Gasteiger partial charge >= 0.3 is 0 Å². The van der Waals surface area contributed by atoms with E-state index in [1.807, 2.05) is 6.92 Å². The molecule has 2 atom stereocenters. The Kier molecular flexibility index (Phi) is 3.32. The molecule has 0 aliphatic heterocycles. The molecule has 0 saturated carbocycles. The van der Waals surface area contributed by atoms with Gasteiger partial charge in [0.15, 0.2) is 0 Å². The smallest absolute Gasteiger partial charge is 0.125 e. The Labute approximate surface area is 124 Å². The Hall–Kier alpha value is -1.36. The molecule has 0 spiro atoms. The van der Waals surface area contributed by atoms with Crippen molar-refractivity contribution in [3.8, 4) is 0 Å². The summed E-state index contributed by atoms with van der Waals surface area (Å²) in [4.78, 5) is 14.6. The zero-order chi connectivity index (χ0) is 14.4. The molecule has 0 saturated heterocycles. The van der Waals surface area contributed by atoms with Gasteiger partial charge in [0, 0.05) is 33.4 Å². The van der Waals surface area contributed by atoms with Crippen LogP contribution < -0.4 is 5.11 Å². The number of benzene rings is 1. The van der Waals surface area contributed by atoms with Crippen LogP contribution in [-0.2, 0) is 11.2 Å². The molecule has 1 N–H and O–H groups in total. The highest BCUT2D eigenvalue weighted by Gasteiger charge is 2.33. The minimum Gasteiger partial charge on any atom is -0.550 e. The van der Waals surface area contributed by atoms with Crippen LogP contribution in [0.15, 0.2) is 16.6 Å². The van der Waals surface area contributed by atoms with E-state index in [9.17, 15) is 14.3 Å². The van der Waals surface area contributed by atoms with E-state index in [1.54, 1.807) is 0 Å². The standard InChI is InChI=1S/C15H15BrFNO2/c1-2-8(15(19)20)9-3-4-10-11-5-7(17)6-12(16)14(11)18-13(9)10/h5-6,8-9,18H,2-4H2,1H3,(H,19,20)/p-1. The largest absolute Gasteiger partial charge is 0.550 e. The topological polar surface area (TPSA) is 55.9 Å². The van der Waals surface area contributed by atoms with Crippen molar-refractivity contribution in [2.24, 2.45) is 5.92 Å². The van der Waals surface area contributed by atoms with E-state index in [0.29, 0.717) is 10.9 Å². The third kappa shape index (κ3) is 1.95. The van der Waals surface area contributed by atoms with Crippen LogP contribution in [0.4, 0.5) is 4.39 Å². The molecule has 1 aliphatic carbocycles. The summed E-state index contributed by atoms with van der Waals surface area (Å²) >= 11 is 3.35. The summed E-state index contributed by atoms with van der Waals surface area (Å²) in [7, 11) is 0. The average Bonchev–Trinajstić information content (AvgIpc) is 2.91. The maximum absolute atomic E-state index is 13.5. The summed E-state index contributed by atoms with van der Waals surface area (Å²) in [5.41, 5.74) is 2.82. The average molecular weight is 339 g/mol. The van der Waals surface area contributed by atoms with Crippen molar-refractivity contribution in [3.05, 3.63) is 33.7 Å². The van der Waals surface area contributed by atoms with Gasteiger partial charge in [0.05, 0.1) is 5.52 Å². The molecule has 3 rings (SSSR count). The van der Waals surface area contributed by atoms with Crippen LogP contribution in [0.3, 0.4) is 0 Å². The second-order valence-corrected chi connectivity index (χ2v) is 6.16. The molecule has 1 heterocycles. The molecule has 106 valence electrons. The molecule has 1 aromatic carbocycles. The van der Waals surface area contributed by atoms with Gasteiger partial charge in [-0.1, -0.05) is 6.92 Å². The third-order valence-electron chi connectivity index (χ3n) is 4.27. The first-order valence-corrected chi connectivity index (χ1v) is 7.52. The highest BCUT2D eigenvalue weighted by Crippen LogP contribution is 2.43. The second kappa shape index (κ2) is 4.88. The number of nitrogens with one attached hydrogen (secondary N) is 1. The number of aliphatic carboxylic acids is 1. The fraction of sp³-hybridized carbons (Fsp3) is 0.400.